The number of aliphatic hydroxyl groups is 1. The molecule has 0 saturated carbocycles. The van der Waals surface area contributed by atoms with Crippen LogP contribution in [0.2, 0.25) is 0 Å². The molecule has 0 bridgehead atoms. The molecule has 1 N–H and O–H groups in total. The van der Waals surface area contributed by atoms with Crippen LogP contribution in [-0.2, 0) is 6.42 Å². The number of para-hydroxylation sites is 2. The van der Waals surface area contributed by atoms with Gasteiger partial charge in [0.2, 0.25) is 0 Å². The number of fused-ring (bicyclic) bond motifs is 1. The maximum atomic E-state index is 10.1. The summed E-state index contributed by atoms with van der Waals surface area (Å²) in [5, 5.41) is 10.1. The molecule has 0 radical (unpaired) electrons. The molecule has 0 aliphatic carbocycles. The van der Waals surface area contributed by atoms with Crippen molar-refractivity contribution >= 4 is 11.3 Å². The summed E-state index contributed by atoms with van der Waals surface area (Å²) in [6, 6.07) is 7.50. The van der Waals surface area contributed by atoms with E-state index >= 15 is 0 Å². The summed E-state index contributed by atoms with van der Waals surface area (Å²) in [5.41, 5.74) is 1.76. The van der Waals surface area contributed by atoms with E-state index in [1.54, 1.807) is 11.7 Å². The molecule has 4 nitrogen and oxygen atoms in total. The lowest BCUT2D eigenvalue weighted by atomic mass is 10.1. The van der Waals surface area contributed by atoms with Gasteiger partial charge in [-0.15, -0.1) is 11.3 Å². The van der Waals surface area contributed by atoms with Gasteiger partial charge in [0.15, 0.2) is 17.6 Å². The molecule has 0 spiro atoms. The third kappa shape index (κ3) is 2.32. The van der Waals surface area contributed by atoms with Gasteiger partial charge in [0, 0.05) is 17.5 Å². The van der Waals surface area contributed by atoms with Crippen LogP contribution >= 0.6 is 11.3 Å². The van der Waals surface area contributed by atoms with Crippen LogP contribution in [0, 0.1) is 0 Å². The highest BCUT2D eigenvalue weighted by Gasteiger charge is 2.27. The Labute approximate surface area is 109 Å². The monoisotopic (exact) mass is 263 g/mol. The number of thiazole rings is 1. The standard InChI is InChI=1S/C13H13NO3S/c15-10(5-9-6-14-8-18-9)13-7-16-11-3-1-2-4-12(11)17-13/h1-4,6,8,10,13,15H,5,7H2. The molecular weight excluding hydrogens is 250 g/mol. The zero-order valence-electron chi connectivity index (χ0n) is 9.65. The second kappa shape index (κ2) is 4.96. The van der Waals surface area contributed by atoms with Gasteiger partial charge >= 0.3 is 0 Å². The van der Waals surface area contributed by atoms with E-state index in [-0.39, 0.29) is 6.10 Å². The number of hydrogen-bond donors (Lipinski definition) is 1. The van der Waals surface area contributed by atoms with E-state index in [4.69, 9.17) is 9.47 Å². The van der Waals surface area contributed by atoms with Crippen molar-refractivity contribution in [3.63, 3.8) is 0 Å². The first-order chi connectivity index (χ1) is 8.83. The normalized spacial score (nSPS) is 19.5. The number of nitrogens with zero attached hydrogens (tertiary/aromatic N) is 1. The van der Waals surface area contributed by atoms with E-state index < -0.39 is 6.10 Å². The second-order valence-electron chi connectivity index (χ2n) is 4.15. The minimum absolute atomic E-state index is 0.331. The van der Waals surface area contributed by atoms with Gasteiger partial charge in [-0.2, -0.15) is 0 Å². The summed E-state index contributed by atoms with van der Waals surface area (Å²) >= 11 is 1.53. The quantitative estimate of drug-likeness (QED) is 0.918. The van der Waals surface area contributed by atoms with Gasteiger partial charge in [-0.25, -0.2) is 0 Å². The summed E-state index contributed by atoms with van der Waals surface area (Å²) in [6.07, 6.45) is 1.40. The highest BCUT2D eigenvalue weighted by molar-refractivity contribution is 7.09. The molecule has 1 aromatic carbocycles. The number of rotatable bonds is 3. The topological polar surface area (TPSA) is 51.6 Å². The Morgan fingerprint density at radius 3 is 3.00 bits per heavy atom. The second-order valence-corrected chi connectivity index (χ2v) is 5.12. The van der Waals surface area contributed by atoms with Crippen LogP contribution < -0.4 is 9.47 Å². The van der Waals surface area contributed by atoms with Crippen LogP contribution in [0.1, 0.15) is 4.88 Å². The third-order valence-corrected chi connectivity index (χ3v) is 3.66. The summed E-state index contributed by atoms with van der Waals surface area (Å²) in [6.45, 7) is 0.372. The molecule has 0 saturated heterocycles. The van der Waals surface area contributed by atoms with Crippen molar-refractivity contribution in [1.82, 2.24) is 4.98 Å². The lowest BCUT2D eigenvalue weighted by molar-refractivity contribution is -0.00909. The maximum absolute atomic E-state index is 10.1. The van der Waals surface area contributed by atoms with Gasteiger partial charge in [-0.3, -0.25) is 4.98 Å². The van der Waals surface area contributed by atoms with Crippen molar-refractivity contribution in [2.75, 3.05) is 6.61 Å². The molecule has 94 valence electrons. The lowest BCUT2D eigenvalue weighted by Crippen LogP contribution is -2.40. The Morgan fingerprint density at radius 2 is 2.22 bits per heavy atom. The molecule has 2 aromatic rings. The smallest absolute Gasteiger partial charge is 0.161 e. The van der Waals surface area contributed by atoms with E-state index in [1.165, 1.54) is 11.3 Å². The number of aromatic nitrogens is 1. The molecule has 1 aliphatic heterocycles. The predicted molar refractivity (Wildman–Crippen MR) is 68.2 cm³/mol. The Bertz CT molecular complexity index is 515. The average Bonchev–Trinajstić information content (AvgIpc) is 2.91. The Kier molecular flexibility index (Phi) is 3.17. The number of ether oxygens (including phenoxy) is 2. The summed E-state index contributed by atoms with van der Waals surface area (Å²) in [7, 11) is 0. The van der Waals surface area contributed by atoms with Crippen LogP contribution in [-0.4, -0.2) is 28.9 Å². The SMILES string of the molecule is OC(Cc1cncs1)C1COc2ccccc2O1. The zero-order chi connectivity index (χ0) is 12.4. The summed E-state index contributed by atoms with van der Waals surface area (Å²) < 4.78 is 11.3. The molecule has 0 fully saturated rings. The Morgan fingerprint density at radius 1 is 1.39 bits per heavy atom. The molecule has 1 aliphatic rings. The molecule has 2 unspecified atom stereocenters. The molecule has 18 heavy (non-hydrogen) atoms. The summed E-state index contributed by atoms with van der Waals surface area (Å²) in [5.74, 6) is 1.43. The third-order valence-electron chi connectivity index (χ3n) is 2.85. The van der Waals surface area contributed by atoms with Crippen LogP contribution in [0.25, 0.3) is 0 Å². The molecule has 2 heterocycles. The highest BCUT2D eigenvalue weighted by Crippen LogP contribution is 2.32. The first-order valence-corrected chi connectivity index (χ1v) is 6.65. The molecular formula is C13H13NO3S. The van der Waals surface area contributed by atoms with Gasteiger partial charge < -0.3 is 14.6 Å². The number of aliphatic hydroxyl groups excluding tert-OH is 1. The van der Waals surface area contributed by atoms with Gasteiger partial charge in [0.1, 0.15) is 6.61 Å². The van der Waals surface area contributed by atoms with Crippen LogP contribution in [0.4, 0.5) is 0 Å². The number of benzene rings is 1. The van der Waals surface area contributed by atoms with Gasteiger partial charge in [0.05, 0.1) is 11.6 Å². The van der Waals surface area contributed by atoms with Gasteiger partial charge in [0.25, 0.3) is 0 Å². The van der Waals surface area contributed by atoms with E-state index in [0.717, 1.165) is 10.6 Å². The Balaban J connectivity index is 1.68. The Hall–Kier alpha value is -1.59. The van der Waals surface area contributed by atoms with Crippen LogP contribution in [0.15, 0.2) is 36.0 Å². The molecule has 5 heteroatoms. The first-order valence-electron chi connectivity index (χ1n) is 5.77. The highest BCUT2D eigenvalue weighted by atomic mass is 32.1. The van der Waals surface area contributed by atoms with E-state index in [1.807, 2.05) is 24.3 Å². The molecule has 2 atom stereocenters. The van der Waals surface area contributed by atoms with Crippen molar-refractivity contribution in [2.24, 2.45) is 0 Å². The van der Waals surface area contributed by atoms with Crippen molar-refractivity contribution in [1.29, 1.82) is 0 Å². The fraction of sp³-hybridized carbons (Fsp3) is 0.308. The largest absolute Gasteiger partial charge is 0.486 e. The van der Waals surface area contributed by atoms with Crippen LogP contribution in [0.5, 0.6) is 11.5 Å². The van der Waals surface area contributed by atoms with Crippen LogP contribution in [0.3, 0.4) is 0 Å². The predicted octanol–water partition coefficient (Wildman–Crippen LogP) is 1.89. The van der Waals surface area contributed by atoms with Crippen molar-refractivity contribution in [3.05, 3.63) is 40.8 Å². The van der Waals surface area contributed by atoms with E-state index in [9.17, 15) is 5.11 Å². The summed E-state index contributed by atoms with van der Waals surface area (Å²) in [4.78, 5) is 5.04. The van der Waals surface area contributed by atoms with Crippen molar-refractivity contribution in [2.45, 2.75) is 18.6 Å². The first kappa shape index (κ1) is 11.5. The molecule has 1 aromatic heterocycles. The van der Waals surface area contributed by atoms with Crippen molar-refractivity contribution < 1.29 is 14.6 Å². The maximum Gasteiger partial charge on any atom is 0.161 e. The minimum Gasteiger partial charge on any atom is -0.486 e. The molecule has 0 amide bonds. The van der Waals surface area contributed by atoms with Gasteiger partial charge in [-0.05, 0) is 12.1 Å². The fourth-order valence-corrected chi connectivity index (χ4v) is 2.55. The van der Waals surface area contributed by atoms with Gasteiger partial charge in [-0.1, -0.05) is 12.1 Å². The lowest BCUT2D eigenvalue weighted by Gasteiger charge is -2.29. The minimum atomic E-state index is -0.584. The zero-order valence-corrected chi connectivity index (χ0v) is 10.5. The molecule has 3 rings (SSSR count). The van der Waals surface area contributed by atoms with E-state index in [0.29, 0.717) is 18.8 Å². The number of hydrogen-bond acceptors (Lipinski definition) is 5. The van der Waals surface area contributed by atoms with E-state index in [2.05, 4.69) is 4.98 Å². The fourth-order valence-electron chi connectivity index (χ4n) is 1.91. The average molecular weight is 263 g/mol. The van der Waals surface area contributed by atoms with Crippen molar-refractivity contribution in [3.8, 4) is 11.5 Å².